The molecule has 1 N–H and O–H groups in total. The first-order valence-corrected chi connectivity index (χ1v) is 10.7. The third kappa shape index (κ3) is 3.56. The van der Waals surface area contributed by atoms with Gasteiger partial charge in [0.15, 0.2) is 0 Å². The lowest BCUT2D eigenvalue weighted by Crippen LogP contribution is -2.35. The van der Waals surface area contributed by atoms with E-state index in [1.165, 1.54) is 22.3 Å². The van der Waals surface area contributed by atoms with E-state index in [4.69, 9.17) is 4.74 Å². The van der Waals surface area contributed by atoms with Gasteiger partial charge in [0.1, 0.15) is 6.61 Å². The van der Waals surface area contributed by atoms with Crippen molar-refractivity contribution >= 4 is 17.6 Å². The van der Waals surface area contributed by atoms with E-state index in [9.17, 15) is 14.7 Å². The molecule has 0 aromatic heterocycles. The summed E-state index contributed by atoms with van der Waals surface area (Å²) < 4.78 is 5.75. The fourth-order valence-corrected chi connectivity index (χ4v) is 4.71. The van der Waals surface area contributed by atoms with E-state index in [2.05, 4.69) is 24.3 Å². The number of benzene rings is 3. The van der Waals surface area contributed by atoms with Crippen LogP contribution in [0.4, 0.5) is 4.79 Å². The second-order valence-electron chi connectivity index (χ2n) is 8.08. The van der Waals surface area contributed by atoms with Gasteiger partial charge in [-0.15, -0.1) is 0 Å². The van der Waals surface area contributed by atoms with Crippen LogP contribution in [0.25, 0.3) is 16.7 Å². The fourth-order valence-electron chi connectivity index (χ4n) is 4.71. The van der Waals surface area contributed by atoms with E-state index in [1.807, 2.05) is 42.5 Å². The molecule has 0 saturated carbocycles. The standard InChI is InChI=1S/C27H23NO4/c29-26(30)24-12-6-1-7-19(24)18-13-15-28(16-14-18)27(31)32-17-25-22-10-4-2-8-20(22)21-9-3-5-11-23(21)25/h1-13,25H,14-17H2,(H,29,30). The average molecular weight is 425 g/mol. The van der Waals surface area contributed by atoms with Crippen molar-refractivity contribution in [2.24, 2.45) is 0 Å². The van der Waals surface area contributed by atoms with Crippen LogP contribution in [-0.2, 0) is 4.74 Å². The van der Waals surface area contributed by atoms with Crippen LogP contribution in [-0.4, -0.2) is 41.8 Å². The highest BCUT2D eigenvalue weighted by Crippen LogP contribution is 2.44. The Morgan fingerprint density at radius 3 is 2.06 bits per heavy atom. The van der Waals surface area contributed by atoms with Crippen LogP contribution in [0, 0.1) is 0 Å². The largest absolute Gasteiger partial charge is 0.478 e. The van der Waals surface area contributed by atoms with Crippen LogP contribution >= 0.6 is 0 Å². The van der Waals surface area contributed by atoms with Crippen molar-refractivity contribution in [2.45, 2.75) is 12.3 Å². The molecule has 0 bridgehead atoms. The zero-order valence-electron chi connectivity index (χ0n) is 17.5. The van der Waals surface area contributed by atoms with E-state index in [0.717, 1.165) is 5.57 Å². The molecule has 2 aliphatic rings. The Morgan fingerprint density at radius 2 is 1.47 bits per heavy atom. The van der Waals surface area contributed by atoms with Gasteiger partial charge >= 0.3 is 12.1 Å². The molecule has 0 radical (unpaired) electrons. The molecule has 0 atom stereocenters. The summed E-state index contributed by atoms with van der Waals surface area (Å²) >= 11 is 0. The number of aromatic carboxylic acids is 1. The number of ether oxygens (including phenoxy) is 1. The molecule has 3 aromatic rings. The Morgan fingerprint density at radius 1 is 0.875 bits per heavy atom. The normalized spacial score (nSPS) is 15.0. The number of carboxylic acid groups (broad SMARTS) is 1. The van der Waals surface area contributed by atoms with Crippen molar-refractivity contribution in [3.8, 4) is 11.1 Å². The summed E-state index contributed by atoms with van der Waals surface area (Å²) in [6.07, 6.45) is 2.18. The van der Waals surface area contributed by atoms with Crippen molar-refractivity contribution in [1.29, 1.82) is 0 Å². The number of carboxylic acids is 1. The number of carbonyl (C=O) groups is 2. The average Bonchev–Trinajstić information content (AvgIpc) is 3.16. The molecular formula is C27H23NO4. The molecule has 5 heteroatoms. The number of amides is 1. The number of rotatable bonds is 4. The molecule has 0 saturated heterocycles. The van der Waals surface area contributed by atoms with E-state index in [1.54, 1.807) is 17.0 Å². The Bertz CT molecular complexity index is 1180. The minimum absolute atomic E-state index is 0.0321. The maximum absolute atomic E-state index is 12.8. The SMILES string of the molecule is O=C(O)c1ccccc1C1=CCN(C(=O)OCC2c3ccccc3-c3ccccc32)CC1. The predicted molar refractivity (Wildman–Crippen MR) is 123 cm³/mol. The third-order valence-corrected chi connectivity index (χ3v) is 6.31. The zero-order chi connectivity index (χ0) is 22.1. The lowest BCUT2D eigenvalue weighted by Gasteiger charge is -2.27. The Labute approximate surface area is 186 Å². The Balaban J connectivity index is 1.27. The molecule has 1 amide bonds. The van der Waals surface area contributed by atoms with Crippen LogP contribution < -0.4 is 0 Å². The van der Waals surface area contributed by atoms with Crippen molar-refractivity contribution in [3.63, 3.8) is 0 Å². The summed E-state index contributed by atoms with van der Waals surface area (Å²) in [7, 11) is 0. The molecule has 0 unspecified atom stereocenters. The van der Waals surface area contributed by atoms with E-state index in [0.29, 0.717) is 31.7 Å². The first kappa shape index (κ1) is 20.1. The predicted octanol–water partition coefficient (Wildman–Crippen LogP) is 5.42. The smallest absolute Gasteiger partial charge is 0.410 e. The highest BCUT2D eigenvalue weighted by atomic mass is 16.6. The van der Waals surface area contributed by atoms with Gasteiger partial charge in [0.25, 0.3) is 0 Å². The van der Waals surface area contributed by atoms with Gasteiger partial charge in [0.05, 0.1) is 5.56 Å². The van der Waals surface area contributed by atoms with Crippen LogP contribution in [0.3, 0.4) is 0 Å². The number of hydrogen-bond donors (Lipinski definition) is 1. The first-order chi connectivity index (χ1) is 15.6. The topological polar surface area (TPSA) is 66.8 Å². The lowest BCUT2D eigenvalue weighted by atomic mass is 9.95. The van der Waals surface area contributed by atoms with Crippen molar-refractivity contribution in [2.75, 3.05) is 19.7 Å². The molecule has 1 aliphatic carbocycles. The minimum Gasteiger partial charge on any atom is -0.478 e. The third-order valence-electron chi connectivity index (χ3n) is 6.31. The van der Waals surface area contributed by atoms with Crippen molar-refractivity contribution in [3.05, 3.63) is 101 Å². The van der Waals surface area contributed by atoms with Gasteiger partial charge < -0.3 is 14.7 Å². The minimum atomic E-state index is -0.944. The summed E-state index contributed by atoms with van der Waals surface area (Å²) in [4.78, 5) is 26.0. The zero-order valence-corrected chi connectivity index (χ0v) is 17.5. The molecule has 1 aliphatic heterocycles. The molecule has 32 heavy (non-hydrogen) atoms. The van der Waals surface area contributed by atoms with Crippen molar-refractivity contribution < 1.29 is 19.4 Å². The van der Waals surface area contributed by atoms with E-state index in [-0.39, 0.29) is 17.6 Å². The van der Waals surface area contributed by atoms with Gasteiger partial charge in [-0.05, 0) is 45.9 Å². The molecule has 5 nitrogen and oxygen atoms in total. The van der Waals surface area contributed by atoms with Gasteiger partial charge in [0, 0.05) is 19.0 Å². The van der Waals surface area contributed by atoms with Gasteiger partial charge in [-0.1, -0.05) is 72.8 Å². The van der Waals surface area contributed by atoms with Gasteiger partial charge in [-0.2, -0.15) is 0 Å². The monoisotopic (exact) mass is 425 g/mol. The summed E-state index contributed by atoms with van der Waals surface area (Å²) in [5.41, 5.74) is 6.73. The van der Waals surface area contributed by atoms with Gasteiger partial charge in [-0.25, -0.2) is 9.59 Å². The second-order valence-corrected chi connectivity index (χ2v) is 8.08. The Hall–Kier alpha value is -3.86. The quantitative estimate of drug-likeness (QED) is 0.606. The molecule has 5 rings (SSSR count). The number of nitrogens with zero attached hydrogens (tertiary/aromatic N) is 1. The highest BCUT2D eigenvalue weighted by Gasteiger charge is 2.30. The van der Waals surface area contributed by atoms with E-state index < -0.39 is 5.97 Å². The summed E-state index contributed by atoms with van der Waals surface area (Å²) in [6.45, 7) is 1.19. The molecule has 160 valence electrons. The highest BCUT2D eigenvalue weighted by molar-refractivity contribution is 5.94. The number of carbonyl (C=O) groups excluding carboxylic acids is 1. The molecule has 0 fully saturated rings. The summed E-state index contributed by atoms with van der Waals surface area (Å²) in [5, 5.41) is 9.44. The van der Waals surface area contributed by atoms with Gasteiger partial charge in [-0.3, -0.25) is 0 Å². The van der Waals surface area contributed by atoms with Gasteiger partial charge in [0.2, 0.25) is 0 Å². The fraction of sp³-hybridized carbons (Fsp3) is 0.185. The van der Waals surface area contributed by atoms with E-state index >= 15 is 0 Å². The second kappa shape index (κ2) is 8.35. The molecular weight excluding hydrogens is 402 g/mol. The number of hydrogen-bond acceptors (Lipinski definition) is 3. The lowest BCUT2D eigenvalue weighted by molar-refractivity contribution is 0.0696. The first-order valence-electron chi connectivity index (χ1n) is 10.7. The van der Waals surface area contributed by atoms with Crippen LogP contribution in [0.5, 0.6) is 0 Å². The van der Waals surface area contributed by atoms with Crippen LogP contribution in [0.15, 0.2) is 78.9 Å². The van der Waals surface area contributed by atoms with Crippen LogP contribution in [0.1, 0.15) is 39.4 Å². The maximum Gasteiger partial charge on any atom is 0.410 e. The summed E-state index contributed by atoms with van der Waals surface area (Å²) in [6, 6.07) is 23.5. The summed E-state index contributed by atoms with van der Waals surface area (Å²) in [5.74, 6) is -0.912. The van der Waals surface area contributed by atoms with Crippen LogP contribution in [0.2, 0.25) is 0 Å². The molecule has 0 spiro atoms. The number of fused-ring (bicyclic) bond motifs is 3. The maximum atomic E-state index is 12.8. The Kier molecular flexibility index (Phi) is 5.23. The molecule has 3 aromatic carbocycles. The van der Waals surface area contributed by atoms with Crippen molar-refractivity contribution in [1.82, 2.24) is 4.90 Å². The molecule has 1 heterocycles.